The van der Waals surface area contributed by atoms with E-state index in [2.05, 4.69) is 6.92 Å². The van der Waals surface area contributed by atoms with Crippen LogP contribution in [0.5, 0.6) is 0 Å². The minimum absolute atomic E-state index is 0. The molecule has 0 heterocycles. The summed E-state index contributed by atoms with van der Waals surface area (Å²) in [5.74, 6) is 0. The van der Waals surface area contributed by atoms with Gasteiger partial charge in [-0.25, -0.2) is 0 Å². The Kier molecular flexibility index (Phi) is 110000000. The van der Waals surface area contributed by atoms with Gasteiger partial charge in [0.25, 0.3) is 0 Å². The van der Waals surface area contributed by atoms with E-state index in [0.29, 0.717) is 0 Å². The fourth-order valence-corrected chi connectivity index (χ4v) is 0. The Morgan fingerprint density at radius 3 is 1.14 bits per heavy atom. The van der Waals surface area contributed by atoms with Crippen molar-refractivity contribution >= 4 is 0 Å². The first-order valence-electron chi connectivity index (χ1n) is 0.931. The van der Waals surface area contributed by atoms with Crippen molar-refractivity contribution in [1.82, 2.24) is 0 Å². The van der Waals surface area contributed by atoms with Crippen molar-refractivity contribution in [2.45, 2.75) is 6.92 Å². The Labute approximate surface area is 57.9 Å². The van der Waals surface area contributed by atoms with Gasteiger partial charge in [-0.05, 0) is 0 Å². The maximum absolute atomic E-state index is 6.25. The number of nitrogens with zero attached hydrogens (tertiary/aromatic N) is 1. The van der Waals surface area contributed by atoms with E-state index in [1.165, 1.54) is 0 Å². The molecule has 0 aromatic carbocycles. The summed E-state index contributed by atoms with van der Waals surface area (Å²) in [6.45, 7) is 9.75. The van der Waals surface area contributed by atoms with Gasteiger partial charge in [0, 0.05) is 16.8 Å². The van der Waals surface area contributed by atoms with Gasteiger partial charge in [-0.2, -0.15) is 6.92 Å². The van der Waals surface area contributed by atoms with Crippen LogP contribution in [0, 0.1) is 33.6 Å². The van der Waals surface area contributed by atoms with E-state index in [1.807, 2.05) is 0 Å². The molecule has 1 radical (unpaired) electrons. The molecule has 0 aromatic heterocycles. The van der Waals surface area contributed by atoms with E-state index in [1.54, 1.807) is 6.92 Å². The monoisotopic (exact) mass is 144 g/mol. The van der Waals surface area contributed by atoms with E-state index in [4.69, 9.17) is 11.8 Å². The quantitative estimate of drug-likeness (QED) is 0.476. The van der Waals surface area contributed by atoms with Gasteiger partial charge in [-0.15, -0.1) is 0 Å². The first kappa shape index (κ1) is 63.1. The Hall–Kier alpha value is -0.00351. The fraction of sp³-hybridized carbons (Fsp3) is 0.200. The van der Waals surface area contributed by atoms with Gasteiger partial charge in [0.1, 0.15) is 0 Å². The maximum Gasteiger partial charge on any atom is 0 e. The molecule has 0 aliphatic rings. The van der Waals surface area contributed by atoms with Gasteiger partial charge in [0.05, 0.1) is 0 Å². The minimum atomic E-state index is 0. The van der Waals surface area contributed by atoms with Crippen LogP contribution in [-0.4, -0.2) is 0 Å². The standard InChI is InChI=1S/C2H5.CN.2CH3.Co/c2*1-2;;;/h1H2,2H3;;2*1H3;/q4*-1;. The molecule has 0 aromatic rings. The van der Waals surface area contributed by atoms with Gasteiger partial charge >= 0.3 is 0 Å². The molecule has 0 aliphatic carbocycles. The zero-order chi connectivity index (χ0) is 4.00. The van der Waals surface area contributed by atoms with Gasteiger partial charge in [-0.1, -0.05) is 0 Å². The van der Waals surface area contributed by atoms with E-state index in [9.17, 15) is 0 Å². The second-order valence-electron chi connectivity index (χ2n) is 0. The molecule has 0 N–H and O–H groups in total. The summed E-state index contributed by atoms with van der Waals surface area (Å²) < 4.78 is 0. The largest absolute Gasteiger partial charge is 0.512 e. The number of rotatable bonds is 0. The zero-order valence-electron chi connectivity index (χ0n) is 4.99. The summed E-state index contributed by atoms with van der Waals surface area (Å²) >= 11 is 0. The molecule has 0 atom stereocenters. The van der Waals surface area contributed by atoms with Gasteiger partial charge in [-0.3, -0.25) is 0 Å². The molecule has 0 unspecified atom stereocenters. The molecule has 7 heavy (non-hydrogen) atoms. The Morgan fingerprint density at radius 2 is 1.14 bits per heavy atom. The molecule has 0 bridgehead atoms. The molecule has 0 amide bonds. The van der Waals surface area contributed by atoms with Crippen LogP contribution in [0.4, 0.5) is 0 Å². The first-order valence-corrected chi connectivity index (χ1v) is 0.931. The van der Waals surface area contributed by atoms with Crippen molar-refractivity contribution in [1.29, 1.82) is 5.26 Å². The van der Waals surface area contributed by atoms with Crippen LogP contribution in [-0.2, 0) is 16.8 Å². The molecule has 0 saturated carbocycles. The second-order valence-corrected chi connectivity index (χ2v) is 0. The van der Waals surface area contributed by atoms with Crippen LogP contribution >= 0.6 is 0 Å². The van der Waals surface area contributed by atoms with Crippen molar-refractivity contribution in [3.63, 3.8) is 0 Å². The minimum Gasteiger partial charge on any atom is -0.512 e. The van der Waals surface area contributed by atoms with E-state index >= 15 is 0 Å². The van der Waals surface area contributed by atoms with Crippen molar-refractivity contribution in [3.8, 4) is 0 Å². The molecule has 0 spiro atoms. The molecular weight excluding hydrogens is 133 g/mol. The predicted octanol–water partition coefficient (Wildman–Crippen LogP) is 1.83. The van der Waals surface area contributed by atoms with Crippen LogP contribution in [0.25, 0.3) is 0 Å². The summed E-state index contributed by atoms with van der Waals surface area (Å²) in [5, 5.41) is 6.25. The Morgan fingerprint density at radius 1 is 1.14 bits per heavy atom. The molecule has 2 heteroatoms. The van der Waals surface area contributed by atoms with Crippen LogP contribution in [0.1, 0.15) is 6.92 Å². The summed E-state index contributed by atoms with van der Waals surface area (Å²) in [4.78, 5) is 0. The number of hydrogen-bond donors (Lipinski definition) is 0. The van der Waals surface area contributed by atoms with E-state index in [0.717, 1.165) is 0 Å². The Balaban J connectivity index is -0.00000000267. The average molecular weight is 144 g/mol. The fourth-order valence-electron chi connectivity index (χ4n) is 0. The van der Waals surface area contributed by atoms with Crippen molar-refractivity contribution < 1.29 is 16.8 Å². The summed E-state index contributed by atoms with van der Waals surface area (Å²) in [7, 11) is 0. The molecule has 0 saturated heterocycles. The molecule has 1 nitrogen and oxygen atoms in total. The molecule has 0 fully saturated rings. The maximum atomic E-state index is 6.25. The van der Waals surface area contributed by atoms with Crippen LogP contribution in [0.15, 0.2) is 0 Å². The van der Waals surface area contributed by atoms with E-state index in [-0.39, 0.29) is 31.6 Å². The normalized spacial score (nSPS) is 1.14. The topological polar surface area (TPSA) is 23.8 Å². The zero-order valence-corrected chi connectivity index (χ0v) is 6.03. The van der Waals surface area contributed by atoms with Crippen molar-refractivity contribution in [2.24, 2.45) is 0 Å². The summed E-state index contributed by atoms with van der Waals surface area (Å²) in [6.07, 6.45) is 0. The smallest absolute Gasteiger partial charge is 0 e. The van der Waals surface area contributed by atoms with Crippen molar-refractivity contribution in [3.05, 3.63) is 28.3 Å². The molecule has 0 rings (SSSR count). The second kappa shape index (κ2) is 12200000. The summed E-state index contributed by atoms with van der Waals surface area (Å²) in [5.41, 5.74) is 0. The van der Waals surface area contributed by atoms with Gasteiger partial charge in [0.2, 0.25) is 0 Å². The third-order valence-corrected chi connectivity index (χ3v) is 0. The molecular formula is C5H11CoN-4. The van der Waals surface area contributed by atoms with Gasteiger partial charge < -0.3 is 33.6 Å². The molecule has 49 valence electrons. The van der Waals surface area contributed by atoms with Crippen LogP contribution in [0.2, 0.25) is 0 Å². The average Bonchev–Trinajstić information content (AvgIpc) is 1.50. The van der Waals surface area contributed by atoms with Crippen molar-refractivity contribution in [2.75, 3.05) is 0 Å². The van der Waals surface area contributed by atoms with Gasteiger partial charge in [0.15, 0.2) is 0 Å². The van der Waals surface area contributed by atoms with E-state index < -0.39 is 0 Å². The Bertz CT molecular complexity index is 12.8. The predicted molar refractivity (Wildman–Crippen MR) is 28.8 cm³/mol. The van der Waals surface area contributed by atoms with Crippen LogP contribution in [0.3, 0.4) is 0 Å². The third kappa shape index (κ3) is 7790000. The SMILES string of the molecule is [C-]#N.[CH2-]C.[CH3-].[CH3-].[Co]. The molecule has 0 aliphatic heterocycles. The number of hydrogen-bond acceptors (Lipinski definition) is 1. The summed E-state index contributed by atoms with van der Waals surface area (Å²) in [6, 6.07) is 0. The first-order chi connectivity index (χ1) is 2.00. The third-order valence-electron chi connectivity index (χ3n) is 0. The van der Waals surface area contributed by atoms with Crippen LogP contribution < -0.4 is 0 Å².